The summed E-state index contributed by atoms with van der Waals surface area (Å²) >= 11 is 0. The van der Waals surface area contributed by atoms with Crippen LogP contribution < -0.4 is 4.90 Å². The molecule has 0 unspecified atom stereocenters. The van der Waals surface area contributed by atoms with Crippen molar-refractivity contribution in [2.45, 2.75) is 25.3 Å². The maximum absolute atomic E-state index is 5.59. The average Bonchev–Trinajstić information content (AvgIpc) is 2.98. The Morgan fingerprint density at radius 3 is 2.86 bits per heavy atom. The van der Waals surface area contributed by atoms with E-state index in [-0.39, 0.29) is 5.54 Å². The zero-order chi connectivity index (χ0) is 15.2. The van der Waals surface area contributed by atoms with Crippen molar-refractivity contribution in [2.24, 2.45) is 0 Å². The molecule has 2 aromatic heterocycles. The molecule has 2 aliphatic rings. The summed E-state index contributed by atoms with van der Waals surface area (Å²) in [7, 11) is 2.25. The third-order valence-electron chi connectivity index (χ3n) is 5.22. The molecule has 6 heteroatoms. The molecular weight excluding hydrogens is 278 g/mol. The van der Waals surface area contributed by atoms with Crippen molar-refractivity contribution in [3.63, 3.8) is 0 Å². The molecule has 118 valence electrons. The van der Waals surface area contributed by atoms with E-state index in [1.54, 1.807) is 0 Å². The minimum Gasteiger partial charge on any atom is -0.381 e. The standard InChI is InChI=1S/C16H23N5O/c1-12-18-13-3-6-17-14(13)15(19-12)21-8-7-20(2)16(11-21)4-9-22-10-5-16/h3,6,17H,4-5,7-11H2,1-2H3. The van der Waals surface area contributed by atoms with Crippen molar-refractivity contribution in [1.29, 1.82) is 0 Å². The van der Waals surface area contributed by atoms with Crippen molar-refractivity contribution in [2.75, 3.05) is 44.8 Å². The van der Waals surface area contributed by atoms with Crippen LogP contribution in [0.25, 0.3) is 11.0 Å². The van der Waals surface area contributed by atoms with Crippen LogP contribution in [0.15, 0.2) is 12.3 Å². The zero-order valence-corrected chi connectivity index (χ0v) is 13.3. The summed E-state index contributed by atoms with van der Waals surface area (Å²) in [5.41, 5.74) is 2.27. The van der Waals surface area contributed by atoms with Crippen LogP contribution in [0.2, 0.25) is 0 Å². The Balaban J connectivity index is 1.71. The Labute approximate surface area is 130 Å². The van der Waals surface area contributed by atoms with E-state index in [2.05, 4.69) is 26.8 Å². The summed E-state index contributed by atoms with van der Waals surface area (Å²) < 4.78 is 5.59. The van der Waals surface area contributed by atoms with Gasteiger partial charge in [0.1, 0.15) is 11.3 Å². The lowest BCUT2D eigenvalue weighted by Gasteiger charge is -2.51. The van der Waals surface area contributed by atoms with E-state index in [0.717, 1.165) is 68.4 Å². The fourth-order valence-corrected chi connectivity index (χ4v) is 3.81. The van der Waals surface area contributed by atoms with Gasteiger partial charge in [0.05, 0.1) is 5.52 Å². The maximum Gasteiger partial charge on any atom is 0.156 e. The van der Waals surface area contributed by atoms with Crippen LogP contribution in [0.3, 0.4) is 0 Å². The number of nitrogens with one attached hydrogen (secondary N) is 1. The molecule has 0 atom stereocenters. The molecular formula is C16H23N5O. The van der Waals surface area contributed by atoms with Crippen molar-refractivity contribution in [1.82, 2.24) is 19.9 Å². The van der Waals surface area contributed by atoms with Crippen LogP contribution in [-0.2, 0) is 4.74 Å². The van der Waals surface area contributed by atoms with Gasteiger partial charge in [0, 0.05) is 44.6 Å². The van der Waals surface area contributed by atoms with Gasteiger partial charge in [-0.15, -0.1) is 0 Å². The van der Waals surface area contributed by atoms with Crippen LogP contribution in [-0.4, -0.2) is 65.3 Å². The largest absolute Gasteiger partial charge is 0.381 e. The SMILES string of the molecule is Cc1nc(N2CCN(C)C3(CCOCC3)C2)c2[nH]ccc2n1. The Morgan fingerprint density at radius 1 is 1.23 bits per heavy atom. The lowest BCUT2D eigenvalue weighted by molar-refractivity contribution is -0.0221. The second-order valence-corrected chi connectivity index (χ2v) is 6.51. The van der Waals surface area contributed by atoms with Crippen LogP contribution in [0.4, 0.5) is 5.82 Å². The van der Waals surface area contributed by atoms with E-state index >= 15 is 0 Å². The van der Waals surface area contributed by atoms with Gasteiger partial charge in [-0.1, -0.05) is 0 Å². The number of fused-ring (bicyclic) bond motifs is 1. The molecule has 0 aliphatic carbocycles. The smallest absolute Gasteiger partial charge is 0.156 e. The molecule has 2 saturated heterocycles. The molecule has 0 saturated carbocycles. The highest BCUT2D eigenvalue weighted by atomic mass is 16.5. The van der Waals surface area contributed by atoms with E-state index in [0.29, 0.717) is 0 Å². The minimum absolute atomic E-state index is 0.217. The molecule has 2 fully saturated rings. The number of aromatic nitrogens is 3. The molecule has 4 rings (SSSR count). The van der Waals surface area contributed by atoms with Crippen molar-refractivity contribution >= 4 is 16.9 Å². The number of aromatic amines is 1. The number of rotatable bonds is 1. The monoisotopic (exact) mass is 301 g/mol. The quantitative estimate of drug-likeness (QED) is 0.866. The first kappa shape index (κ1) is 14.0. The predicted molar refractivity (Wildman–Crippen MR) is 86.3 cm³/mol. The van der Waals surface area contributed by atoms with Gasteiger partial charge in [-0.05, 0) is 32.9 Å². The Kier molecular flexibility index (Phi) is 3.31. The summed E-state index contributed by atoms with van der Waals surface area (Å²) in [6.07, 6.45) is 4.14. The molecule has 0 aromatic carbocycles. The van der Waals surface area contributed by atoms with Crippen LogP contribution in [0, 0.1) is 6.92 Å². The molecule has 1 N–H and O–H groups in total. The fraction of sp³-hybridized carbons (Fsp3) is 0.625. The number of aryl methyl sites for hydroxylation is 1. The fourth-order valence-electron chi connectivity index (χ4n) is 3.81. The van der Waals surface area contributed by atoms with E-state index in [9.17, 15) is 0 Å². The van der Waals surface area contributed by atoms with Crippen molar-refractivity contribution in [3.05, 3.63) is 18.1 Å². The summed E-state index contributed by atoms with van der Waals surface area (Å²) in [6, 6.07) is 2.02. The van der Waals surface area contributed by atoms with E-state index in [4.69, 9.17) is 9.72 Å². The molecule has 0 amide bonds. The van der Waals surface area contributed by atoms with Crippen molar-refractivity contribution in [3.8, 4) is 0 Å². The third kappa shape index (κ3) is 2.18. The van der Waals surface area contributed by atoms with Gasteiger partial charge >= 0.3 is 0 Å². The molecule has 2 aliphatic heterocycles. The minimum atomic E-state index is 0.217. The number of H-pyrrole nitrogens is 1. The molecule has 0 radical (unpaired) electrons. The number of ether oxygens (including phenoxy) is 1. The highest BCUT2D eigenvalue weighted by Gasteiger charge is 2.41. The summed E-state index contributed by atoms with van der Waals surface area (Å²) in [5.74, 6) is 1.88. The lowest BCUT2D eigenvalue weighted by atomic mass is 9.86. The molecule has 4 heterocycles. The molecule has 2 aromatic rings. The second-order valence-electron chi connectivity index (χ2n) is 6.51. The predicted octanol–water partition coefficient (Wildman–Crippen LogP) is 1.57. The zero-order valence-electron chi connectivity index (χ0n) is 13.3. The average molecular weight is 301 g/mol. The van der Waals surface area contributed by atoms with Gasteiger partial charge in [0.2, 0.25) is 0 Å². The first-order chi connectivity index (χ1) is 10.7. The molecule has 6 nitrogen and oxygen atoms in total. The Morgan fingerprint density at radius 2 is 2.05 bits per heavy atom. The van der Waals surface area contributed by atoms with E-state index in [1.807, 2.05) is 19.2 Å². The maximum atomic E-state index is 5.59. The summed E-state index contributed by atoms with van der Waals surface area (Å²) in [5, 5.41) is 0. The highest BCUT2D eigenvalue weighted by Crippen LogP contribution is 2.33. The van der Waals surface area contributed by atoms with Gasteiger partial charge in [0.25, 0.3) is 0 Å². The number of likely N-dealkylation sites (N-methyl/N-ethyl adjacent to an activating group) is 1. The topological polar surface area (TPSA) is 57.3 Å². The summed E-state index contributed by atoms with van der Waals surface area (Å²) in [6.45, 7) is 6.76. The second kappa shape index (κ2) is 5.21. The van der Waals surface area contributed by atoms with Crippen molar-refractivity contribution < 1.29 is 4.74 Å². The van der Waals surface area contributed by atoms with Gasteiger partial charge < -0.3 is 14.6 Å². The van der Waals surface area contributed by atoms with Gasteiger partial charge in [-0.25, -0.2) is 9.97 Å². The van der Waals surface area contributed by atoms with Gasteiger partial charge in [-0.3, -0.25) is 4.90 Å². The number of hydrogen-bond acceptors (Lipinski definition) is 5. The molecule has 0 bridgehead atoms. The Hall–Kier alpha value is -1.66. The normalized spacial score (nSPS) is 22.5. The van der Waals surface area contributed by atoms with Crippen LogP contribution in [0.1, 0.15) is 18.7 Å². The van der Waals surface area contributed by atoms with Crippen LogP contribution >= 0.6 is 0 Å². The number of hydrogen-bond donors (Lipinski definition) is 1. The molecule has 22 heavy (non-hydrogen) atoms. The summed E-state index contributed by atoms with van der Waals surface area (Å²) in [4.78, 5) is 17.5. The van der Waals surface area contributed by atoms with E-state index in [1.165, 1.54) is 0 Å². The van der Waals surface area contributed by atoms with Crippen LogP contribution in [0.5, 0.6) is 0 Å². The van der Waals surface area contributed by atoms with Gasteiger partial charge in [-0.2, -0.15) is 0 Å². The van der Waals surface area contributed by atoms with E-state index < -0.39 is 0 Å². The lowest BCUT2D eigenvalue weighted by Crippen LogP contribution is -2.63. The first-order valence-electron chi connectivity index (χ1n) is 8.04. The molecule has 1 spiro atoms. The highest BCUT2D eigenvalue weighted by molar-refractivity contribution is 5.86. The number of anilines is 1. The number of nitrogens with zero attached hydrogens (tertiary/aromatic N) is 4. The Bertz CT molecular complexity index is 676. The third-order valence-corrected chi connectivity index (χ3v) is 5.22. The first-order valence-corrected chi connectivity index (χ1v) is 8.04. The number of piperazine rings is 1. The van der Waals surface area contributed by atoms with Gasteiger partial charge in [0.15, 0.2) is 5.82 Å².